The van der Waals surface area contributed by atoms with Crippen molar-refractivity contribution in [1.82, 2.24) is 5.32 Å². The fourth-order valence-electron chi connectivity index (χ4n) is 3.84. The predicted molar refractivity (Wildman–Crippen MR) is 125 cm³/mol. The maximum absolute atomic E-state index is 13.0. The lowest BCUT2D eigenvalue weighted by Gasteiger charge is -2.30. The molecule has 0 atom stereocenters. The van der Waals surface area contributed by atoms with E-state index in [1.165, 1.54) is 0 Å². The van der Waals surface area contributed by atoms with Crippen LogP contribution < -0.4 is 15.5 Å². The van der Waals surface area contributed by atoms with Crippen molar-refractivity contribution in [2.45, 2.75) is 38.8 Å². The van der Waals surface area contributed by atoms with Gasteiger partial charge in [0.05, 0.1) is 11.1 Å². The van der Waals surface area contributed by atoms with Crippen LogP contribution in [0, 0.1) is 0 Å². The molecule has 1 fully saturated rings. The van der Waals surface area contributed by atoms with Crippen molar-refractivity contribution in [3.05, 3.63) is 59.2 Å². The number of carbonyl (C=O) groups excluding carboxylic acids is 2. The van der Waals surface area contributed by atoms with Gasteiger partial charge in [-0.25, -0.2) is 0 Å². The van der Waals surface area contributed by atoms with Crippen LogP contribution in [0.25, 0.3) is 0 Å². The number of rotatable bonds is 9. The second-order valence-electron chi connectivity index (χ2n) is 8.12. The Morgan fingerprint density at radius 3 is 2.35 bits per heavy atom. The molecule has 3 rings (SSSR count). The summed E-state index contributed by atoms with van der Waals surface area (Å²) in [5.74, 6) is -0.801. The second kappa shape index (κ2) is 11.9. The Morgan fingerprint density at radius 2 is 1.71 bits per heavy atom. The molecule has 1 aliphatic heterocycles. The average Bonchev–Trinajstić information content (AvgIpc) is 2.84. The van der Waals surface area contributed by atoms with Gasteiger partial charge in [0.2, 0.25) is 0 Å². The summed E-state index contributed by atoms with van der Waals surface area (Å²) in [6.45, 7) is 5.24. The predicted octanol–water partition coefficient (Wildman–Crippen LogP) is 5.10. The van der Waals surface area contributed by atoms with Gasteiger partial charge in [-0.2, -0.15) is 13.2 Å². The zero-order valence-corrected chi connectivity index (χ0v) is 19.2. The van der Waals surface area contributed by atoms with Crippen LogP contribution in [0.2, 0.25) is 0 Å². The molecule has 1 heterocycles. The van der Waals surface area contributed by atoms with Crippen LogP contribution in [-0.4, -0.2) is 44.7 Å². The van der Waals surface area contributed by atoms with E-state index in [0.29, 0.717) is 37.4 Å². The number of nitrogens with one attached hydrogen (secondary N) is 2. The molecule has 6 nitrogen and oxygen atoms in total. The molecule has 1 aliphatic rings. The Hall–Kier alpha value is -3.07. The first-order valence-corrected chi connectivity index (χ1v) is 11.5. The second-order valence-corrected chi connectivity index (χ2v) is 8.12. The van der Waals surface area contributed by atoms with E-state index in [1.807, 2.05) is 13.0 Å². The quantitative estimate of drug-likeness (QED) is 0.493. The van der Waals surface area contributed by atoms with Gasteiger partial charge in [-0.15, -0.1) is 0 Å². The van der Waals surface area contributed by atoms with E-state index in [9.17, 15) is 22.8 Å². The summed E-state index contributed by atoms with van der Waals surface area (Å²) < 4.78 is 43.6. The minimum absolute atomic E-state index is 0.0926. The van der Waals surface area contributed by atoms with E-state index in [0.717, 1.165) is 62.3 Å². The molecule has 2 N–H and O–H groups in total. The normalized spacial score (nSPS) is 14.1. The van der Waals surface area contributed by atoms with E-state index < -0.39 is 17.6 Å². The van der Waals surface area contributed by atoms with Crippen LogP contribution in [0.5, 0.6) is 0 Å². The van der Waals surface area contributed by atoms with Gasteiger partial charge in [0.1, 0.15) is 0 Å². The highest BCUT2D eigenvalue weighted by molar-refractivity contribution is 6.06. The molecule has 0 bridgehead atoms. The molecule has 0 saturated carbocycles. The Morgan fingerprint density at radius 1 is 1.00 bits per heavy atom. The van der Waals surface area contributed by atoms with Crippen molar-refractivity contribution in [2.24, 2.45) is 0 Å². The first kappa shape index (κ1) is 25.6. The molecule has 1 saturated heterocycles. The van der Waals surface area contributed by atoms with Gasteiger partial charge in [0, 0.05) is 49.8 Å². The van der Waals surface area contributed by atoms with Gasteiger partial charge in [0.25, 0.3) is 11.8 Å². The number of nitrogens with zero attached hydrogens (tertiary/aromatic N) is 1. The summed E-state index contributed by atoms with van der Waals surface area (Å²) in [5.41, 5.74) is 0.913. The number of carbonyl (C=O) groups is 2. The van der Waals surface area contributed by atoms with Crippen LogP contribution in [-0.2, 0) is 10.9 Å². The summed E-state index contributed by atoms with van der Waals surface area (Å²) in [7, 11) is 0. The lowest BCUT2D eigenvalue weighted by atomic mass is 10.1. The summed E-state index contributed by atoms with van der Waals surface area (Å²) in [4.78, 5) is 27.7. The lowest BCUT2D eigenvalue weighted by Crippen LogP contribution is -2.33. The number of piperidine rings is 1. The highest BCUT2D eigenvalue weighted by Crippen LogP contribution is 2.30. The topological polar surface area (TPSA) is 70.7 Å². The van der Waals surface area contributed by atoms with E-state index in [1.54, 1.807) is 12.1 Å². The van der Waals surface area contributed by atoms with Crippen LogP contribution in [0.1, 0.15) is 58.9 Å². The molecule has 0 aliphatic carbocycles. The lowest BCUT2D eigenvalue weighted by molar-refractivity contribution is -0.137. The number of amides is 2. The van der Waals surface area contributed by atoms with E-state index in [-0.39, 0.29) is 11.5 Å². The smallest absolute Gasteiger partial charge is 0.382 e. The molecule has 2 amide bonds. The summed E-state index contributed by atoms with van der Waals surface area (Å²) in [6.07, 6.45) is -0.548. The zero-order valence-electron chi connectivity index (χ0n) is 19.2. The zero-order chi connectivity index (χ0) is 24.6. The molecule has 0 radical (unpaired) electrons. The Balaban J connectivity index is 1.76. The highest BCUT2D eigenvalue weighted by Gasteiger charge is 2.30. The Bertz CT molecular complexity index is 972. The van der Waals surface area contributed by atoms with Gasteiger partial charge < -0.3 is 20.3 Å². The largest absolute Gasteiger partial charge is 0.416 e. The fourth-order valence-corrected chi connectivity index (χ4v) is 3.84. The van der Waals surface area contributed by atoms with Crippen molar-refractivity contribution in [3.8, 4) is 0 Å². The number of benzene rings is 2. The molecule has 184 valence electrons. The molecule has 0 spiro atoms. The van der Waals surface area contributed by atoms with Crippen LogP contribution in [0.3, 0.4) is 0 Å². The van der Waals surface area contributed by atoms with Gasteiger partial charge in [0.15, 0.2) is 0 Å². The average molecular weight is 478 g/mol. The first-order valence-electron chi connectivity index (χ1n) is 11.5. The number of halogens is 3. The molecule has 0 unspecified atom stereocenters. The molecular weight excluding hydrogens is 447 g/mol. The molecular formula is C25H30F3N3O3. The molecule has 2 aromatic rings. The SMILES string of the molecule is CCOCCCNC(=O)c1cc(NC(=O)c2ccc(C(F)(F)F)cc2)ccc1N1CCCCC1. The monoisotopic (exact) mass is 477 g/mol. The van der Waals surface area contributed by atoms with Crippen molar-refractivity contribution in [2.75, 3.05) is 43.1 Å². The van der Waals surface area contributed by atoms with Crippen LogP contribution in [0.15, 0.2) is 42.5 Å². The number of ether oxygens (including phenoxy) is 1. The number of anilines is 2. The van der Waals surface area contributed by atoms with E-state index >= 15 is 0 Å². The maximum Gasteiger partial charge on any atom is 0.416 e. The standard InChI is InChI=1S/C25H30F3N3O3/c1-2-34-16-6-13-29-24(33)21-17-20(11-12-22(21)31-14-4-3-5-15-31)30-23(32)18-7-9-19(10-8-18)25(26,27)28/h7-12,17H,2-6,13-16H2,1H3,(H,29,33)(H,30,32). The molecule has 9 heteroatoms. The minimum Gasteiger partial charge on any atom is -0.382 e. The number of hydrogen-bond donors (Lipinski definition) is 2. The Labute approximate surface area is 197 Å². The summed E-state index contributed by atoms with van der Waals surface area (Å²) in [5, 5.41) is 5.59. The van der Waals surface area contributed by atoms with Gasteiger partial charge in [-0.3, -0.25) is 9.59 Å². The maximum atomic E-state index is 13.0. The van der Waals surface area contributed by atoms with Crippen molar-refractivity contribution in [1.29, 1.82) is 0 Å². The van der Waals surface area contributed by atoms with E-state index in [4.69, 9.17) is 4.74 Å². The highest BCUT2D eigenvalue weighted by atomic mass is 19.4. The summed E-state index contributed by atoms with van der Waals surface area (Å²) in [6, 6.07) is 9.13. The minimum atomic E-state index is -4.47. The number of alkyl halides is 3. The third-order valence-corrected chi connectivity index (χ3v) is 5.63. The third kappa shape index (κ3) is 6.96. The third-order valence-electron chi connectivity index (χ3n) is 5.63. The van der Waals surface area contributed by atoms with Crippen LogP contribution in [0.4, 0.5) is 24.5 Å². The van der Waals surface area contributed by atoms with Gasteiger partial charge >= 0.3 is 6.18 Å². The molecule has 2 aromatic carbocycles. The molecule has 0 aromatic heterocycles. The Kier molecular flexibility index (Phi) is 8.92. The first-order chi connectivity index (χ1) is 16.3. The van der Waals surface area contributed by atoms with Crippen LogP contribution >= 0.6 is 0 Å². The van der Waals surface area contributed by atoms with Gasteiger partial charge in [-0.05, 0) is 75.1 Å². The van der Waals surface area contributed by atoms with Crippen molar-refractivity contribution in [3.63, 3.8) is 0 Å². The van der Waals surface area contributed by atoms with E-state index in [2.05, 4.69) is 15.5 Å². The van der Waals surface area contributed by atoms with Crippen molar-refractivity contribution < 1.29 is 27.5 Å². The fraction of sp³-hybridized carbons (Fsp3) is 0.440. The van der Waals surface area contributed by atoms with Gasteiger partial charge in [-0.1, -0.05) is 0 Å². The molecule has 34 heavy (non-hydrogen) atoms. The van der Waals surface area contributed by atoms with Crippen molar-refractivity contribution >= 4 is 23.2 Å². The summed E-state index contributed by atoms with van der Waals surface area (Å²) >= 11 is 0. The number of hydrogen-bond acceptors (Lipinski definition) is 4.